The summed E-state index contributed by atoms with van der Waals surface area (Å²) in [5.74, 6) is 1.57. The molecule has 2 saturated heterocycles. The summed E-state index contributed by atoms with van der Waals surface area (Å²) in [7, 11) is 0. The van der Waals surface area contributed by atoms with Gasteiger partial charge in [0.2, 0.25) is 11.9 Å². The van der Waals surface area contributed by atoms with Gasteiger partial charge in [-0.15, -0.1) is 0 Å². The molecule has 2 fully saturated rings. The third kappa shape index (κ3) is 4.75. The van der Waals surface area contributed by atoms with Crippen molar-refractivity contribution in [3.63, 3.8) is 0 Å². The van der Waals surface area contributed by atoms with E-state index in [0.29, 0.717) is 32.0 Å². The Balaban J connectivity index is 1.29. The van der Waals surface area contributed by atoms with Crippen LogP contribution in [0.3, 0.4) is 0 Å². The first-order chi connectivity index (χ1) is 16.6. The number of carbonyl (C=O) groups is 1. The molecule has 2 N–H and O–H groups in total. The molecule has 0 saturated carbocycles. The number of nitrogens with one attached hydrogen (secondary N) is 2. The zero-order valence-electron chi connectivity index (χ0n) is 19.6. The lowest BCUT2D eigenvalue weighted by Crippen LogP contribution is -2.44. The lowest BCUT2D eigenvalue weighted by Gasteiger charge is -2.36. The second kappa shape index (κ2) is 9.81. The van der Waals surface area contributed by atoms with Crippen molar-refractivity contribution in [2.75, 3.05) is 41.8 Å². The van der Waals surface area contributed by atoms with Gasteiger partial charge in [0.25, 0.3) is 0 Å². The maximum absolute atomic E-state index is 13.5. The molecule has 2 aliphatic rings. The fourth-order valence-corrected chi connectivity index (χ4v) is 4.86. The zero-order chi connectivity index (χ0) is 23.4. The predicted molar refractivity (Wildman–Crippen MR) is 135 cm³/mol. The second-order valence-electron chi connectivity index (χ2n) is 9.10. The second-order valence-corrected chi connectivity index (χ2v) is 9.10. The number of hydrogen-bond donors (Lipinski definition) is 2. The summed E-state index contributed by atoms with van der Waals surface area (Å²) in [5, 5.41) is 6.44. The van der Waals surface area contributed by atoms with Crippen LogP contribution in [0.4, 0.5) is 23.1 Å². The number of rotatable bonds is 6. The van der Waals surface area contributed by atoms with E-state index in [2.05, 4.69) is 20.5 Å². The van der Waals surface area contributed by atoms with Gasteiger partial charge < -0.3 is 20.3 Å². The highest BCUT2D eigenvalue weighted by Gasteiger charge is 2.41. The summed E-state index contributed by atoms with van der Waals surface area (Å²) in [6.07, 6.45) is 3.76. The summed E-state index contributed by atoms with van der Waals surface area (Å²) in [4.78, 5) is 25.0. The lowest BCUT2D eigenvalue weighted by molar-refractivity contribution is -0.125. The van der Waals surface area contributed by atoms with Crippen molar-refractivity contribution in [1.82, 2.24) is 9.97 Å². The molecule has 0 aliphatic carbocycles. The third-order valence-electron chi connectivity index (χ3n) is 6.78. The van der Waals surface area contributed by atoms with Crippen molar-refractivity contribution in [2.24, 2.45) is 0 Å². The van der Waals surface area contributed by atoms with E-state index in [1.165, 1.54) is 12.8 Å². The van der Waals surface area contributed by atoms with Gasteiger partial charge in [-0.05, 0) is 62.4 Å². The van der Waals surface area contributed by atoms with Gasteiger partial charge in [0.05, 0.1) is 5.41 Å². The molecule has 1 amide bonds. The van der Waals surface area contributed by atoms with Crippen LogP contribution >= 0.6 is 0 Å². The van der Waals surface area contributed by atoms with Gasteiger partial charge in [0, 0.05) is 49.4 Å². The number of aryl methyl sites for hydroxylation is 1. The SMILES string of the molecule is Cc1cc(N2CCCC2)nc(Nc2ccc(NC(=O)C3(c4ccccc4)CCOCC3)cc2)n1. The molecule has 0 unspecified atom stereocenters. The van der Waals surface area contributed by atoms with Gasteiger partial charge in [-0.2, -0.15) is 4.98 Å². The van der Waals surface area contributed by atoms with Crippen LogP contribution in [0.25, 0.3) is 0 Å². The van der Waals surface area contributed by atoms with Crippen molar-refractivity contribution in [3.8, 4) is 0 Å². The smallest absolute Gasteiger partial charge is 0.235 e. The predicted octanol–water partition coefficient (Wildman–Crippen LogP) is 4.82. The number of anilines is 4. The molecule has 2 aliphatic heterocycles. The quantitative estimate of drug-likeness (QED) is 0.553. The normalized spacial score (nSPS) is 17.4. The number of nitrogens with zero attached hydrogens (tertiary/aromatic N) is 3. The maximum atomic E-state index is 13.5. The molecule has 3 aromatic rings. The van der Waals surface area contributed by atoms with Crippen molar-refractivity contribution < 1.29 is 9.53 Å². The summed E-state index contributed by atoms with van der Waals surface area (Å²) < 4.78 is 5.57. The molecule has 0 radical (unpaired) electrons. The van der Waals surface area contributed by atoms with Crippen molar-refractivity contribution in [3.05, 3.63) is 71.9 Å². The van der Waals surface area contributed by atoms with Crippen LogP contribution < -0.4 is 15.5 Å². The lowest BCUT2D eigenvalue weighted by atomic mass is 9.73. The molecule has 176 valence electrons. The molecular weight excluding hydrogens is 426 g/mol. The van der Waals surface area contributed by atoms with E-state index in [0.717, 1.165) is 41.5 Å². The number of aromatic nitrogens is 2. The van der Waals surface area contributed by atoms with Gasteiger partial charge in [0.1, 0.15) is 5.82 Å². The molecular formula is C27H31N5O2. The highest BCUT2D eigenvalue weighted by molar-refractivity contribution is 5.99. The molecule has 0 atom stereocenters. The van der Waals surface area contributed by atoms with Gasteiger partial charge >= 0.3 is 0 Å². The van der Waals surface area contributed by atoms with E-state index in [1.807, 2.05) is 67.6 Å². The Bertz CT molecular complexity index is 1120. The van der Waals surface area contributed by atoms with Crippen LogP contribution in [0.2, 0.25) is 0 Å². The van der Waals surface area contributed by atoms with Crippen LogP contribution in [-0.2, 0) is 14.9 Å². The number of benzene rings is 2. The van der Waals surface area contributed by atoms with Crippen LogP contribution in [-0.4, -0.2) is 42.2 Å². The Kier molecular flexibility index (Phi) is 6.45. The van der Waals surface area contributed by atoms with E-state index in [-0.39, 0.29) is 5.91 Å². The Labute approximate surface area is 200 Å². The fraction of sp³-hybridized carbons (Fsp3) is 0.370. The molecule has 5 rings (SSSR count). The zero-order valence-corrected chi connectivity index (χ0v) is 19.6. The first kappa shape index (κ1) is 22.3. The average molecular weight is 458 g/mol. The number of amides is 1. The van der Waals surface area contributed by atoms with Gasteiger partial charge in [-0.1, -0.05) is 30.3 Å². The molecule has 0 spiro atoms. The highest BCUT2D eigenvalue weighted by atomic mass is 16.5. The standard InChI is InChI=1S/C27H31N5O2/c1-20-19-24(32-15-5-6-16-32)31-26(28-20)30-23-11-9-22(10-12-23)29-25(33)27(13-17-34-18-14-27)21-7-3-2-4-8-21/h2-4,7-12,19H,5-6,13-18H2,1H3,(H,29,33)(H,28,30,31). The first-order valence-corrected chi connectivity index (χ1v) is 12.0. The third-order valence-corrected chi connectivity index (χ3v) is 6.78. The Morgan fingerprint density at radius 2 is 1.62 bits per heavy atom. The molecule has 34 heavy (non-hydrogen) atoms. The van der Waals surface area contributed by atoms with E-state index < -0.39 is 5.41 Å². The van der Waals surface area contributed by atoms with E-state index in [1.54, 1.807) is 0 Å². The molecule has 7 nitrogen and oxygen atoms in total. The summed E-state index contributed by atoms with van der Waals surface area (Å²) in [5.41, 5.74) is 3.04. The fourth-order valence-electron chi connectivity index (χ4n) is 4.86. The Morgan fingerprint density at radius 3 is 2.32 bits per heavy atom. The van der Waals surface area contributed by atoms with Crippen LogP contribution in [0, 0.1) is 6.92 Å². The van der Waals surface area contributed by atoms with E-state index >= 15 is 0 Å². The van der Waals surface area contributed by atoms with Gasteiger partial charge in [-0.25, -0.2) is 4.98 Å². The minimum absolute atomic E-state index is 0.0139. The average Bonchev–Trinajstić information content (AvgIpc) is 3.41. The number of hydrogen-bond acceptors (Lipinski definition) is 6. The summed E-state index contributed by atoms with van der Waals surface area (Å²) in [6, 6.07) is 19.8. The van der Waals surface area contributed by atoms with Gasteiger partial charge in [0.15, 0.2) is 0 Å². The summed E-state index contributed by atoms with van der Waals surface area (Å²) >= 11 is 0. The van der Waals surface area contributed by atoms with Crippen LogP contribution in [0.15, 0.2) is 60.7 Å². The summed E-state index contributed by atoms with van der Waals surface area (Å²) in [6.45, 7) is 5.24. The Morgan fingerprint density at radius 1 is 0.941 bits per heavy atom. The van der Waals surface area contributed by atoms with E-state index in [4.69, 9.17) is 9.72 Å². The number of carbonyl (C=O) groups excluding carboxylic acids is 1. The van der Waals surface area contributed by atoms with Crippen molar-refractivity contribution >= 4 is 29.0 Å². The maximum Gasteiger partial charge on any atom is 0.235 e. The first-order valence-electron chi connectivity index (χ1n) is 12.0. The van der Waals surface area contributed by atoms with Crippen LogP contribution in [0.5, 0.6) is 0 Å². The van der Waals surface area contributed by atoms with Crippen molar-refractivity contribution in [2.45, 2.75) is 38.0 Å². The molecule has 7 heteroatoms. The molecule has 2 aromatic carbocycles. The van der Waals surface area contributed by atoms with E-state index in [9.17, 15) is 4.79 Å². The minimum Gasteiger partial charge on any atom is -0.381 e. The number of ether oxygens (including phenoxy) is 1. The van der Waals surface area contributed by atoms with Gasteiger partial charge in [-0.3, -0.25) is 4.79 Å². The minimum atomic E-state index is -0.572. The van der Waals surface area contributed by atoms with Crippen LogP contribution in [0.1, 0.15) is 36.9 Å². The topological polar surface area (TPSA) is 79.4 Å². The van der Waals surface area contributed by atoms with Crippen molar-refractivity contribution in [1.29, 1.82) is 0 Å². The molecule has 3 heterocycles. The molecule has 0 bridgehead atoms. The molecule has 1 aromatic heterocycles. The monoisotopic (exact) mass is 457 g/mol. The largest absolute Gasteiger partial charge is 0.381 e. The highest BCUT2D eigenvalue weighted by Crippen LogP contribution is 2.36. The Hall–Kier alpha value is -3.45.